The number of anilines is 1. The van der Waals surface area contributed by atoms with Gasteiger partial charge in [-0.3, -0.25) is 14.3 Å². The van der Waals surface area contributed by atoms with Crippen molar-refractivity contribution in [2.45, 2.75) is 95.5 Å². The molecule has 52 heavy (non-hydrogen) atoms. The van der Waals surface area contributed by atoms with Crippen LogP contribution in [0.5, 0.6) is 0 Å². The molecule has 6 rings (SSSR count). The van der Waals surface area contributed by atoms with E-state index in [4.69, 9.17) is 14.7 Å². The molecule has 2 aromatic heterocycles. The zero-order chi connectivity index (χ0) is 36.6. The predicted octanol–water partition coefficient (Wildman–Crippen LogP) is 3.28. The van der Waals surface area contributed by atoms with Crippen LogP contribution in [-0.4, -0.2) is 103 Å². The molecule has 0 radical (unpaired) electrons. The Morgan fingerprint density at radius 1 is 0.942 bits per heavy atom. The number of likely N-dealkylation sites (N-methyl/N-ethyl adjacent to an activating group) is 1. The largest absolute Gasteiger partial charge is 0.387 e. The number of fused-ring (bicyclic) bond motifs is 1. The van der Waals surface area contributed by atoms with Crippen LogP contribution in [0.25, 0.3) is 11.2 Å². The molecule has 3 heterocycles. The molecule has 0 unspecified atom stereocenters. The number of urea groups is 1. The average Bonchev–Trinajstić information content (AvgIpc) is 3.90. The number of carbonyl (C=O) groups excluding carboxylic acids is 2. The van der Waals surface area contributed by atoms with Crippen molar-refractivity contribution >= 4 is 28.9 Å². The minimum absolute atomic E-state index is 0.0111. The van der Waals surface area contributed by atoms with E-state index in [0.717, 1.165) is 17.7 Å². The predicted molar refractivity (Wildman–Crippen MR) is 197 cm³/mol. The van der Waals surface area contributed by atoms with Gasteiger partial charge in [0, 0.05) is 44.2 Å². The number of nitrogens with one attached hydrogen (secondary N) is 4. The van der Waals surface area contributed by atoms with E-state index in [9.17, 15) is 19.8 Å². The maximum atomic E-state index is 13.0. The standard InChI is InChI=1S/C38H51N9O5/c1-4-39-36(50)33-31(48)32(49)37(52-33)47-23-43-30-34(41-21-28(25-13-7-5-8-14-25)26-15-9-6-10-16-26)44-29(45-35(30)47)22-42-38(51)40-19-20-46(24(2)3)27-17-11-12-18-27/h5-10,13-16,23-24,27-28,31-33,37,48-49H,4,11-12,17-22H2,1-3H3,(H,39,50)(H2,40,42,51)(H,41,44,45)/t31-,32+,33-,37+/m0/s1. The second-order valence-electron chi connectivity index (χ2n) is 13.8. The Labute approximate surface area is 304 Å². The number of ether oxygens (including phenoxy) is 1. The third-order valence-electron chi connectivity index (χ3n) is 9.99. The Morgan fingerprint density at radius 3 is 2.25 bits per heavy atom. The van der Waals surface area contributed by atoms with Crippen molar-refractivity contribution < 1.29 is 24.5 Å². The average molecular weight is 714 g/mol. The molecular formula is C38H51N9O5. The first kappa shape index (κ1) is 37.1. The molecule has 2 aliphatic rings. The Balaban J connectivity index is 1.24. The van der Waals surface area contributed by atoms with Crippen molar-refractivity contribution in [3.63, 3.8) is 0 Å². The number of carbonyl (C=O) groups is 2. The molecule has 3 amide bonds. The van der Waals surface area contributed by atoms with Crippen LogP contribution in [0, 0.1) is 0 Å². The molecule has 2 fully saturated rings. The van der Waals surface area contributed by atoms with Gasteiger partial charge in [-0.1, -0.05) is 73.5 Å². The lowest BCUT2D eigenvalue weighted by atomic mass is 9.91. The summed E-state index contributed by atoms with van der Waals surface area (Å²) < 4.78 is 7.40. The summed E-state index contributed by atoms with van der Waals surface area (Å²) in [6.07, 6.45) is 1.03. The highest BCUT2D eigenvalue weighted by Gasteiger charge is 2.47. The van der Waals surface area contributed by atoms with Crippen molar-refractivity contribution in [2.24, 2.45) is 0 Å². The summed E-state index contributed by atoms with van der Waals surface area (Å²) in [5.41, 5.74) is 2.95. The summed E-state index contributed by atoms with van der Waals surface area (Å²) in [4.78, 5) is 42.2. The second kappa shape index (κ2) is 17.3. The Bertz CT molecular complexity index is 1730. The van der Waals surface area contributed by atoms with Crippen molar-refractivity contribution in [3.8, 4) is 0 Å². The smallest absolute Gasteiger partial charge is 0.315 e. The van der Waals surface area contributed by atoms with E-state index in [1.807, 2.05) is 36.4 Å². The van der Waals surface area contributed by atoms with Crippen LogP contribution in [0.15, 0.2) is 67.0 Å². The van der Waals surface area contributed by atoms with Crippen molar-refractivity contribution in [3.05, 3.63) is 83.9 Å². The van der Waals surface area contributed by atoms with Gasteiger partial charge in [0.15, 0.2) is 35.1 Å². The zero-order valence-corrected chi connectivity index (χ0v) is 30.1. The third kappa shape index (κ3) is 8.52. The van der Waals surface area contributed by atoms with Crippen LogP contribution in [-0.2, 0) is 16.1 Å². The van der Waals surface area contributed by atoms with Crippen LogP contribution in [0.4, 0.5) is 10.6 Å². The van der Waals surface area contributed by atoms with E-state index < -0.39 is 30.4 Å². The number of aliphatic hydroxyl groups is 2. The molecule has 0 spiro atoms. The monoisotopic (exact) mass is 713 g/mol. The SMILES string of the molecule is CCNC(=O)[C@H]1O[C@@H](n2cnc3c(NCC(c4ccccc4)c4ccccc4)nc(CNC(=O)NCCN(C(C)C)C4CCCC4)nc32)[C@H](O)[C@@H]1O. The number of aromatic nitrogens is 4. The van der Waals surface area contributed by atoms with Gasteiger partial charge < -0.3 is 36.2 Å². The van der Waals surface area contributed by atoms with E-state index in [1.54, 1.807) is 6.92 Å². The van der Waals surface area contributed by atoms with E-state index in [2.05, 4.69) is 69.3 Å². The molecule has 2 aromatic carbocycles. The van der Waals surface area contributed by atoms with Gasteiger partial charge in [0.05, 0.1) is 12.9 Å². The highest BCUT2D eigenvalue weighted by atomic mass is 16.6. The molecule has 14 heteroatoms. The molecule has 1 saturated heterocycles. The Morgan fingerprint density at radius 2 is 1.62 bits per heavy atom. The quantitative estimate of drug-likeness (QED) is 0.107. The topological polar surface area (TPSA) is 179 Å². The molecule has 278 valence electrons. The van der Waals surface area contributed by atoms with Crippen molar-refractivity contribution in [2.75, 3.05) is 31.5 Å². The fourth-order valence-electron chi connectivity index (χ4n) is 7.35. The molecule has 4 aromatic rings. The van der Waals surface area contributed by atoms with E-state index in [0.29, 0.717) is 54.5 Å². The van der Waals surface area contributed by atoms with Gasteiger partial charge in [0.2, 0.25) is 0 Å². The van der Waals surface area contributed by atoms with Crippen molar-refractivity contribution in [1.82, 2.24) is 40.4 Å². The van der Waals surface area contributed by atoms with Gasteiger partial charge in [0.25, 0.3) is 5.91 Å². The highest BCUT2D eigenvalue weighted by molar-refractivity contribution is 5.84. The minimum Gasteiger partial charge on any atom is -0.387 e. The van der Waals surface area contributed by atoms with E-state index >= 15 is 0 Å². The molecule has 1 saturated carbocycles. The number of aliphatic hydroxyl groups excluding tert-OH is 2. The van der Waals surface area contributed by atoms with Crippen LogP contribution in [0.2, 0.25) is 0 Å². The first-order valence-corrected chi connectivity index (χ1v) is 18.4. The summed E-state index contributed by atoms with van der Waals surface area (Å²) in [5.74, 6) is 0.173. The number of imidazole rings is 1. The fraction of sp³-hybridized carbons (Fsp3) is 0.500. The van der Waals surface area contributed by atoms with Gasteiger partial charge in [-0.15, -0.1) is 0 Å². The summed E-state index contributed by atoms with van der Waals surface area (Å²) in [7, 11) is 0. The summed E-state index contributed by atoms with van der Waals surface area (Å²) in [6, 6.07) is 21.0. The lowest BCUT2D eigenvalue weighted by molar-refractivity contribution is -0.137. The molecule has 1 aliphatic carbocycles. The van der Waals surface area contributed by atoms with Gasteiger partial charge >= 0.3 is 6.03 Å². The van der Waals surface area contributed by atoms with Crippen LogP contribution < -0.4 is 21.3 Å². The van der Waals surface area contributed by atoms with Crippen LogP contribution in [0.1, 0.15) is 75.6 Å². The fourth-order valence-corrected chi connectivity index (χ4v) is 7.35. The van der Waals surface area contributed by atoms with Crippen LogP contribution in [0.3, 0.4) is 0 Å². The zero-order valence-electron chi connectivity index (χ0n) is 30.1. The number of nitrogens with zero attached hydrogens (tertiary/aromatic N) is 5. The summed E-state index contributed by atoms with van der Waals surface area (Å²) >= 11 is 0. The molecule has 14 nitrogen and oxygen atoms in total. The number of rotatable bonds is 15. The Kier molecular flexibility index (Phi) is 12.3. The van der Waals surface area contributed by atoms with Gasteiger partial charge in [0.1, 0.15) is 12.2 Å². The molecule has 4 atom stereocenters. The normalized spacial score (nSPS) is 20.6. The molecule has 6 N–H and O–H groups in total. The maximum Gasteiger partial charge on any atom is 0.315 e. The maximum absolute atomic E-state index is 13.0. The van der Waals surface area contributed by atoms with Gasteiger partial charge in [-0.05, 0) is 44.7 Å². The Hall–Kier alpha value is -4.63. The lowest BCUT2D eigenvalue weighted by Crippen LogP contribution is -2.45. The van der Waals surface area contributed by atoms with E-state index in [1.165, 1.54) is 36.6 Å². The third-order valence-corrected chi connectivity index (χ3v) is 9.99. The number of hydrogen-bond donors (Lipinski definition) is 6. The first-order chi connectivity index (χ1) is 25.2. The molecular weight excluding hydrogens is 662 g/mol. The number of benzene rings is 2. The lowest BCUT2D eigenvalue weighted by Gasteiger charge is -2.32. The molecule has 0 bridgehead atoms. The number of hydrogen-bond acceptors (Lipinski definition) is 10. The highest BCUT2D eigenvalue weighted by Crippen LogP contribution is 2.33. The van der Waals surface area contributed by atoms with Crippen molar-refractivity contribution in [1.29, 1.82) is 0 Å². The summed E-state index contributed by atoms with van der Waals surface area (Å²) in [6.45, 7) is 8.24. The first-order valence-electron chi connectivity index (χ1n) is 18.4. The molecule has 1 aliphatic heterocycles. The van der Waals surface area contributed by atoms with E-state index in [-0.39, 0.29) is 18.5 Å². The van der Waals surface area contributed by atoms with Gasteiger partial charge in [-0.2, -0.15) is 0 Å². The second-order valence-corrected chi connectivity index (χ2v) is 13.8. The van der Waals surface area contributed by atoms with Gasteiger partial charge in [-0.25, -0.2) is 19.7 Å². The minimum atomic E-state index is -1.46. The van der Waals surface area contributed by atoms with Crippen LogP contribution >= 0.6 is 0 Å². The summed E-state index contributed by atoms with van der Waals surface area (Å²) in [5, 5.41) is 33.7. The number of amides is 3.